The van der Waals surface area contributed by atoms with Crippen molar-refractivity contribution >= 4 is 11.6 Å². The van der Waals surface area contributed by atoms with E-state index in [1.165, 1.54) is 6.07 Å². The van der Waals surface area contributed by atoms with Gasteiger partial charge in [-0.2, -0.15) is 0 Å². The number of halogens is 1. The Balaban J connectivity index is 1.66. The Morgan fingerprint density at radius 1 is 1.20 bits per heavy atom. The van der Waals surface area contributed by atoms with Gasteiger partial charge < -0.3 is 15.2 Å². The minimum Gasteiger partial charge on any atom is -0.389 e. The summed E-state index contributed by atoms with van der Waals surface area (Å²) in [5.41, 5.74) is 1.18. The third kappa shape index (κ3) is 7.01. The summed E-state index contributed by atoms with van der Waals surface area (Å²) in [6.07, 6.45) is -0.763. The Kier molecular flexibility index (Phi) is 7.53. The van der Waals surface area contributed by atoms with Crippen LogP contribution in [0.4, 0.5) is 10.1 Å². The summed E-state index contributed by atoms with van der Waals surface area (Å²) < 4.78 is 18.8. The molecule has 0 saturated heterocycles. The number of carbonyl (C=O) groups is 1. The lowest BCUT2D eigenvalue weighted by atomic mass is 10.2. The molecule has 0 aliphatic carbocycles. The Hall–Kier alpha value is -2.28. The summed E-state index contributed by atoms with van der Waals surface area (Å²) in [5, 5.41) is 12.8. The van der Waals surface area contributed by atoms with Gasteiger partial charge in [-0.15, -0.1) is 0 Å². The molecule has 0 spiro atoms. The molecule has 0 radical (unpaired) electrons. The normalized spacial score (nSPS) is 12.2. The molecule has 0 fully saturated rings. The average Bonchev–Trinajstić information content (AvgIpc) is 2.57. The highest BCUT2D eigenvalue weighted by Gasteiger charge is 2.12. The summed E-state index contributed by atoms with van der Waals surface area (Å²) in [5.74, 6) is -0.486. The molecule has 25 heavy (non-hydrogen) atoms. The zero-order valence-corrected chi connectivity index (χ0v) is 14.2. The van der Waals surface area contributed by atoms with E-state index in [1.54, 1.807) is 30.1 Å². The molecule has 6 heteroatoms. The Labute approximate surface area is 147 Å². The standard InChI is InChI=1S/C19H23FN2O3/c1-22(12-19(24)21-16-8-3-2-4-9-16)11-17(23)14-25-13-15-7-5-6-10-18(15)20/h2-10,17,23H,11-14H2,1H3,(H,21,24). The third-order valence-electron chi connectivity index (χ3n) is 3.52. The molecule has 1 amide bonds. The van der Waals surface area contributed by atoms with Gasteiger partial charge in [0.05, 0.1) is 25.9 Å². The summed E-state index contributed by atoms with van der Waals surface area (Å²) in [6.45, 7) is 0.597. The maximum absolute atomic E-state index is 13.5. The number of nitrogens with zero attached hydrogens (tertiary/aromatic N) is 1. The Morgan fingerprint density at radius 3 is 2.60 bits per heavy atom. The number of rotatable bonds is 9. The topological polar surface area (TPSA) is 61.8 Å². The van der Waals surface area contributed by atoms with Crippen molar-refractivity contribution in [3.8, 4) is 0 Å². The van der Waals surface area contributed by atoms with Crippen LogP contribution >= 0.6 is 0 Å². The van der Waals surface area contributed by atoms with Crippen LogP contribution < -0.4 is 5.32 Å². The zero-order valence-electron chi connectivity index (χ0n) is 14.2. The first-order valence-corrected chi connectivity index (χ1v) is 8.07. The van der Waals surface area contributed by atoms with Crippen LogP contribution in [0.2, 0.25) is 0 Å². The van der Waals surface area contributed by atoms with Gasteiger partial charge in [-0.25, -0.2) is 4.39 Å². The van der Waals surface area contributed by atoms with E-state index >= 15 is 0 Å². The highest BCUT2D eigenvalue weighted by Crippen LogP contribution is 2.08. The number of amides is 1. The molecule has 5 nitrogen and oxygen atoms in total. The van der Waals surface area contributed by atoms with E-state index in [9.17, 15) is 14.3 Å². The molecule has 1 unspecified atom stereocenters. The van der Waals surface area contributed by atoms with Crippen molar-refractivity contribution in [2.45, 2.75) is 12.7 Å². The number of anilines is 1. The first kappa shape index (κ1) is 19.1. The predicted octanol–water partition coefficient (Wildman–Crippen LogP) is 2.27. The zero-order chi connectivity index (χ0) is 18.1. The molecule has 2 rings (SSSR count). The fourth-order valence-corrected chi connectivity index (χ4v) is 2.36. The molecule has 2 aromatic rings. The lowest BCUT2D eigenvalue weighted by Crippen LogP contribution is -2.37. The lowest BCUT2D eigenvalue weighted by molar-refractivity contribution is -0.117. The number of hydrogen-bond acceptors (Lipinski definition) is 4. The van der Waals surface area contributed by atoms with E-state index in [1.807, 2.05) is 30.3 Å². The third-order valence-corrected chi connectivity index (χ3v) is 3.52. The smallest absolute Gasteiger partial charge is 0.238 e. The second kappa shape index (κ2) is 9.88. The monoisotopic (exact) mass is 346 g/mol. The fourth-order valence-electron chi connectivity index (χ4n) is 2.36. The lowest BCUT2D eigenvalue weighted by Gasteiger charge is -2.20. The number of aliphatic hydroxyl groups excluding tert-OH is 1. The van der Waals surface area contributed by atoms with Crippen LogP contribution in [0.15, 0.2) is 54.6 Å². The Morgan fingerprint density at radius 2 is 1.88 bits per heavy atom. The quantitative estimate of drug-likeness (QED) is 0.731. The van der Waals surface area contributed by atoms with Crippen molar-refractivity contribution < 1.29 is 19.0 Å². The van der Waals surface area contributed by atoms with Crippen LogP contribution in [0.3, 0.4) is 0 Å². The molecule has 0 aliphatic rings. The summed E-state index contributed by atoms with van der Waals surface area (Å²) in [6, 6.07) is 15.5. The highest BCUT2D eigenvalue weighted by atomic mass is 19.1. The van der Waals surface area contributed by atoms with Gasteiger partial charge >= 0.3 is 0 Å². The second-order valence-electron chi connectivity index (χ2n) is 5.87. The van der Waals surface area contributed by atoms with Crippen LogP contribution in [0.25, 0.3) is 0 Å². The van der Waals surface area contributed by atoms with Crippen molar-refractivity contribution in [1.82, 2.24) is 4.90 Å². The van der Waals surface area contributed by atoms with Crippen molar-refractivity contribution in [3.05, 3.63) is 66.0 Å². The number of nitrogens with one attached hydrogen (secondary N) is 1. The maximum Gasteiger partial charge on any atom is 0.238 e. The second-order valence-corrected chi connectivity index (χ2v) is 5.87. The summed E-state index contributed by atoms with van der Waals surface area (Å²) in [4.78, 5) is 13.6. The van der Waals surface area contributed by atoms with Crippen LogP contribution in [-0.2, 0) is 16.1 Å². The molecule has 0 heterocycles. The van der Waals surface area contributed by atoms with Gasteiger partial charge in [0.2, 0.25) is 5.91 Å². The van der Waals surface area contributed by atoms with E-state index in [2.05, 4.69) is 5.32 Å². The molecular weight excluding hydrogens is 323 g/mol. The molecule has 0 bridgehead atoms. The van der Waals surface area contributed by atoms with E-state index in [0.29, 0.717) is 5.56 Å². The number of carbonyl (C=O) groups excluding carboxylic acids is 1. The molecule has 0 saturated carbocycles. The first-order valence-electron chi connectivity index (χ1n) is 8.07. The van der Waals surface area contributed by atoms with Crippen LogP contribution in [-0.4, -0.2) is 48.8 Å². The highest BCUT2D eigenvalue weighted by molar-refractivity contribution is 5.92. The SMILES string of the molecule is CN(CC(=O)Nc1ccccc1)CC(O)COCc1ccccc1F. The number of aliphatic hydroxyl groups is 1. The molecule has 0 aliphatic heterocycles. The van der Waals surface area contributed by atoms with Crippen molar-refractivity contribution in [2.24, 2.45) is 0 Å². The fraction of sp³-hybridized carbons (Fsp3) is 0.316. The Bertz CT molecular complexity index is 667. The molecule has 134 valence electrons. The summed E-state index contributed by atoms with van der Waals surface area (Å²) in [7, 11) is 1.74. The van der Waals surface area contributed by atoms with Gasteiger partial charge in [-0.1, -0.05) is 36.4 Å². The van der Waals surface area contributed by atoms with E-state index in [-0.39, 0.29) is 38.0 Å². The molecule has 2 aromatic carbocycles. The van der Waals surface area contributed by atoms with Gasteiger partial charge in [0, 0.05) is 17.8 Å². The average molecular weight is 346 g/mol. The van der Waals surface area contributed by atoms with Crippen molar-refractivity contribution in [3.63, 3.8) is 0 Å². The maximum atomic E-state index is 13.5. The van der Waals surface area contributed by atoms with Crippen LogP contribution in [0.5, 0.6) is 0 Å². The molecular formula is C19H23FN2O3. The van der Waals surface area contributed by atoms with Crippen molar-refractivity contribution in [2.75, 3.05) is 32.1 Å². The van der Waals surface area contributed by atoms with E-state index in [0.717, 1.165) is 5.69 Å². The first-order chi connectivity index (χ1) is 12.0. The molecule has 0 aromatic heterocycles. The minimum atomic E-state index is -0.763. The largest absolute Gasteiger partial charge is 0.389 e. The number of ether oxygens (including phenoxy) is 1. The van der Waals surface area contributed by atoms with Gasteiger partial charge in [0.25, 0.3) is 0 Å². The number of hydrogen-bond donors (Lipinski definition) is 2. The van der Waals surface area contributed by atoms with Crippen LogP contribution in [0, 0.1) is 5.82 Å². The van der Waals surface area contributed by atoms with Crippen LogP contribution in [0.1, 0.15) is 5.56 Å². The van der Waals surface area contributed by atoms with Gasteiger partial charge in [0.1, 0.15) is 5.82 Å². The number of likely N-dealkylation sites (N-methyl/N-ethyl adjacent to an activating group) is 1. The van der Waals surface area contributed by atoms with E-state index in [4.69, 9.17) is 4.74 Å². The van der Waals surface area contributed by atoms with Gasteiger partial charge in [-0.05, 0) is 25.2 Å². The van der Waals surface area contributed by atoms with Crippen molar-refractivity contribution in [1.29, 1.82) is 0 Å². The van der Waals surface area contributed by atoms with E-state index < -0.39 is 6.10 Å². The molecule has 1 atom stereocenters. The number of benzene rings is 2. The summed E-state index contributed by atoms with van der Waals surface area (Å²) >= 11 is 0. The molecule has 2 N–H and O–H groups in total. The van der Waals surface area contributed by atoms with Gasteiger partial charge in [0.15, 0.2) is 0 Å². The number of para-hydroxylation sites is 1. The van der Waals surface area contributed by atoms with Gasteiger partial charge in [-0.3, -0.25) is 9.69 Å². The minimum absolute atomic E-state index is 0.0684. The predicted molar refractivity (Wildman–Crippen MR) is 94.6 cm³/mol.